The second-order valence-corrected chi connectivity index (χ2v) is 4.04. The molecule has 0 spiro atoms. The van der Waals surface area contributed by atoms with E-state index in [1.165, 1.54) is 0 Å². The number of carbonyl (C=O) groups excluding carboxylic acids is 1. The van der Waals surface area contributed by atoms with Crippen LogP contribution in [0.25, 0.3) is 0 Å². The predicted octanol–water partition coefficient (Wildman–Crippen LogP) is 1.17. The van der Waals surface area contributed by atoms with Crippen LogP contribution in [-0.2, 0) is 0 Å². The highest BCUT2D eigenvalue weighted by molar-refractivity contribution is 7.09. The summed E-state index contributed by atoms with van der Waals surface area (Å²) >= 11 is 1.00. The molecule has 7 nitrogen and oxygen atoms in total. The summed E-state index contributed by atoms with van der Waals surface area (Å²) in [6.45, 7) is 2.38. The monoisotopic (exact) mass is 265 g/mol. The van der Waals surface area contributed by atoms with Gasteiger partial charge in [0, 0.05) is 17.1 Å². The van der Waals surface area contributed by atoms with Crippen molar-refractivity contribution in [3.63, 3.8) is 0 Å². The van der Waals surface area contributed by atoms with Gasteiger partial charge in [-0.25, -0.2) is 0 Å². The molecule has 0 bridgehead atoms. The number of amides is 1. The van der Waals surface area contributed by atoms with Crippen LogP contribution >= 0.6 is 11.5 Å². The van der Waals surface area contributed by atoms with E-state index in [2.05, 4.69) is 20.1 Å². The first-order valence-electron chi connectivity index (χ1n) is 5.19. The molecule has 94 valence electrons. The molecule has 0 fully saturated rings. The summed E-state index contributed by atoms with van der Waals surface area (Å²) in [6, 6.07) is 4.84. The van der Waals surface area contributed by atoms with Crippen molar-refractivity contribution in [3.05, 3.63) is 23.8 Å². The average molecular weight is 265 g/mol. The molecule has 18 heavy (non-hydrogen) atoms. The van der Waals surface area contributed by atoms with E-state index in [1.54, 1.807) is 18.2 Å². The fourth-order valence-electron chi connectivity index (χ4n) is 1.33. The van der Waals surface area contributed by atoms with Gasteiger partial charge in [0.1, 0.15) is 5.75 Å². The second-order valence-electron chi connectivity index (χ2n) is 3.31. The fourth-order valence-corrected chi connectivity index (χ4v) is 1.69. The normalized spacial score (nSPS) is 10.1. The smallest absolute Gasteiger partial charge is 0.257 e. The first kappa shape index (κ1) is 12.2. The summed E-state index contributed by atoms with van der Waals surface area (Å²) in [5.41, 5.74) is 6.61. The largest absolute Gasteiger partial charge is 0.492 e. The van der Waals surface area contributed by atoms with Crippen LogP contribution in [0.3, 0.4) is 0 Å². The zero-order chi connectivity index (χ0) is 13.0. The topological polar surface area (TPSA) is 103 Å². The van der Waals surface area contributed by atoms with E-state index < -0.39 is 0 Å². The van der Waals surface area contributed by atoms with Crippen LogP contribution < -0.4 is 15.8 Å². The standard InChI is InChI=1S/C10H11N5O2S/c1-2-17-8-4-3-6(5-7(8)11)9(16)12-10-13-14-15-18-10/h3-5H,2,11H2,1H3,(H,12,13,15,16). The minimum Gasteiger partial charge on any atom is -0.492 e. The summed E-state index contributed by atoms with van der Waals surface area (Å²) in [6.07, 6.45) is 0. The van der Waals surface area contributed by atoms with E-state index >= 15 is 0 Å². The number of anilines is 2. The molecule has 1 aromatic carbocycles. The van der Waals surface area contributed by atoms with Crippen molar-refractivity contribution in [2.45, 2.75) is 6.92 Å². The fraction of sp³-hybridized carbons (Fsp3) is 0.200. The lowest BCUT2D eigenvalue weighted by atomic mass is 10.2. The molecular weight excluding hydrogens is 254 g/mol. The van der Waals surface area contributed by atoms with Crippen molar-refractivity contribution in [2.24, 2.45) is 0 Å². The van der Waals surface area contributed by atoms with Gasteiger partial charge < -0.3 is 10.5 Å². The van der Waals surface area contributed by atoms with Crippen molar-refractivity contribution in [1.82, 2.24) is 14.8 Å². The van der Waals surface area contributed by atoms with Crippen molar-refractivity contribution < 1.29 is 9.53 Å². The zero-order valence-corrected chi connectivity index (χ0v) is 10.4. The maximum Gasteiger partial charge on any atom is 0.257 e. The van der Waals surface area contributed by atoms with E-state index in [0.29, 0.717) is 28.7 Å². The summed E-state index contributed by atoms with van der Waals surface area (Å²) in [5.74, 6) is 0.245. The molecule has 0 aliphatic heterocycles. The third-order valence-electron chi connectivity index (χ3n) is 2.09. The Balaban J connectivity index is 2.13. The number of nitrogens with one attached hydrogen (secondary N) is 1. The minimum atomic E-state index is -0.316. The Hall–Kier alpha value is -2.22. The molecule has 0 unspecified atom stereocenters. The number of carbonyl (C=O) groups is 1. The zero-order valence-electron chi connectivity index (χ0n) is 9.58. The lowest BCUT2D eigenvalue weighted by Crippen LogP contribution is -2.12. The number of nitrogens with zero attached hydrogens (tertiary/aromatic N) is 3. The Labute approximate surface area is 107 Å². The highest BCUT2D eigenvalue weighted by Crippen LogP contribution is 2.23. The van der Waals surface area contributed by atoms with Gasteiger partial charge in [-0.15, -0.1) is 0 Å². The molecule has 0 saturated heterocycles. The van der Waals surface area contributed by atoms with Gasteiger partial charge in [-0.2, -0.15) is 0 Å². The number of ether oxygens (including phenoxy) is 1. The molecule has 2 rings (SSSR count). The van der Waals surface area contributed by atoms with Crippen LogP contribution in [-0.4, -0.2) is 27.3 Å². The van der Waals surface area contributed by atoms with Gasteiger partial charge in [0.05, 0.1) is 12.3 Å². The Bertz CT molecular complexity index is 543. The molecule has 0 atom stereocenters. The number of nitrogens with two attached hydrogens (primary N) is 1. The van der Waals surface area contributed by atoms with Crippen molar-refractivity contribution in [1.29, 1.82) is 0 Å². The van der Waals surface area contributed by atoms with Gasteiger partial charge in [0.2, 0.25) is 5.13 Å². The van der Waals surface area contributed by atoms with Crippen molar-refractivity contribution in [3.8, 4) is 5.75 Å². The van der Waals surface area contributed by atoms with Gasteiger partial charge in [-0.1, -0.05) is 9.59 Å². The molecular formula is C10H11N5O2S. The van der Waals surface area contributed by atoms with Gasteiger partial charge in [0.25, 0.3) is 5.91 Å². The average Bonchev–Trinajstić information content (AvgIpc) is 2.84. The van der Waals surface area contributed by atoms with Crippen molar-refractivity contribution in [2.75, 3.05) is 17.7 Å². The van der Waals surface area contributed by atoms with E-state index in [4.69, 9.17) is 10.5 Å². The first-order valence-corrected chi connectivity index (χ1v) is 5.96. The Morgan fingerprint density at radius 3 is 3.00 bits per heavy atom. The second kappa shape index (κ2) is 5.41. The quantitative estimate of drug-likeness (QED) is 0.804. The molecule has 3 N–H and O–H groups in total. The number of hydrogen-bond acceptors (Lipinski definition) is 7. The van der Waals surface area contributed by atoms with E-state index in [-0.39, 0.29) is 5.91 Å². The van der Waals surface area contributed by atoms with Crippen molar-refractivity contribution >= 4 is 28.3 Å². The highest BCUT2D eigenvalue weighted by atomic mass is 32.1. The number of nitrogen functional groups attached to an aromatic ring is 1. The minimum absolute atomic E-state index is 0.316. The predicted molar refractivity (Wildman–Crippen MR) is 67.7 cm³/mol. The van der Waals surface area contributed by atoms with Crippen LogP contribution in [0.4, 0.5) is 10.8 Å². The van der Waals surface area contributed by atoms with Crippen LogP contribution in [0.5, 0.6) is 5.75 Å². The van der Waals surface area contributed by atoms with Crippen LogP contribution in [0.2, 0.25) is 0 Å². The number of rotatable bonds is 4. The van der Waals surface area contributed by atoms with Crippen LogP contribution in [0, 0.1) is 0 Å². The lowest BCUT2D eigenvalue weighted by Gasteiger charge is -2.08. The summed E-state index contributed by atoms with van der Waals surface area (Å²) < 4.78 is 8.84. The summed E-state index contributed by atoms with van der Waals surface area (Å²) in [5, 5.41) is 9.91. The molecule has 1 heterocycles. The maximum absolute atomic E-state index is 11.8. The lowest BCUT2D eigenvalue weighted by molar-refractivity contribution is 0.102. The Morgan fingerprint density at radius 2 is 2.39 bits per heavy atom. The maximum atomic E-state index is 11.8. The molecule has 1 aromatic heterocycles. The third-order valence-corrected chi connectivity index (χ3v) is 2.60. The molecule has 0 aliphatic rings. The molecule has 8 heteroatoms. The van der Waals surface area contributed by atoms with Gasteiger partial charge >= 0.3 is 0 Å². The summed E-state index contributed by atoms with van der Waals surface area (Å²) in [7, 11) is 0. The van der Waals surface area contributed by atoms with E-state index in [0.717, 1.165) is 11.5 Å². The number of aromatic nitrogens is 3. The first-order chi connectivity index (χ1) is 8.70. The van der Waals surface area contributed by atoms with E-state index in [9.17, 15) is 4.79 Å². The number of benzene rings is 1. The third kappa shape index (κ3) is 2.72. The van der Waals surface area contributed by atoms with E-state index in [1.807, 2.05) is 6.92 Å². The Morgan fingerprint density at radius 1 is 1.56 bits per heavy atom. The number of hydrogen-bond donors (Lipinski definition) is 2. The van der Waals surface area contributed by atoms with Gasteiger partial charge in [-0.3, -0.25) is 10.1 Å². The molecule has 2 aromatic rings. The summed E-state index contributed by atoms with van der Waals surface area (Å²) in [4.78, 5) is 11.8. The molecule has 0 saturated carbocycles. The SMILES string of the molecule is CCOc1ccc(C(=O)Nc2nnns2)cc1N. The molecule has 0 radical (unpaired) electrons. The van der Waals surface area contributed by atoms with Crippen LogP contribution in [0.1, 0.15) is 17.3 Å². The molecule has 1 amide bonds. The van der Waals surface area contributed by atoms with Gasteiger partial charge in [0.15, 0.2) is 0 Å². The molecule has 0 aliphatic carbocycles. The highest BCUT2D eigenvalue weighted by Gasteiger charge is 2.10. The van der Waals surface area contributed by atoms with Gasteiger partial charge in [-0.05, 0) is 30.3 Å². The van der Waals surface area contributed by atoms with Crippen LogP contribution in [0.15, 0.2) is 18.2 Å². The Kier molecular flexibility index (Phi) is 3.68.